The van der Waals surface area contributed by atoms with E-state index in [0.29, 0.717) is 6.54 Å². The van der Waals surface area contributed by atoms with E-state index in [-0.39, 0.29) is 24.3 Å². The highest BCUT2D eigenvalue weighted by Gasteiger charge is 2.61. The SMILES string of the molecule is CC1(CNC(=O)C2(C(F)(F)F)CCNC2)CCCS1. The largest absolute Gasteiger partial charge is 0.404 e. The molecule has 2 aliphatic heterocycles. The summed E-state index contributed by atoms with van der Waals surface area (Å²) in [6.07, 6.45) is -2.67. The summed E-state index contributed by atoms with van der Waals surface area (Å²) in [6.45, 7) is 2.23. The average molecular weight is 296 g/mol. The van der Waals surface area contributed by atoms with Gasteiger partial charge in [-0.2, -0.15) is 24.9 Å². The lowest BCUT2D eigenvalue weighted by atomic mass is 9.85. The van der Waals surface area contributed by atoms with E-state index in [9.17, 15) is 18.0 Å². The number of hydrogen-bond acceptors (Lipinski definition) is 3. The highest BCUT2D eigenvalue weighted by Crippen LogP contribution is 2.43. The highest BCUT2D eigenvalue weighted by atomic mass is 32.2. The fourth-order valence-corrected chi connectivity index (χ4v) is 3.91. The van der Waals surface area contributed by atoms with E-state index in [1.54, 1.807) is 11.8 Å². The van der Waals surface area contributed by atoms with Gasteiger partial charge < -0.3 is 10.6 Å². The zero-order valence-electron chi connectivity index (χ0n) is 10.9. The van der Waals surface area contributed by atoms with Crippen molar-refractivity contribution in [2.75, 3.05) is 25.4 Å². The minimum atomic E-state index is -4.50. The molecular weight excluding hydrogens is 277 g/mol. The van der Waals surface area contributed by atoms with Crippen LogP contribution < -0.4 is 10.6 Å². The van der Waals surface area contributed by atoms with E-state index in [2.05, 4.69) is 10.6 Å². The maximum Gasteiger partial charge on any atom is 0.404 e. The quantitative estimate of drug-likeness (QED) is 0.836. The summed E-state index contributed by atoms with van der Waals surface area (Å²) in [5.74, 6) is 0.136. The Morgan fingerprint density at radius 1 is 1.42 bits per heavy atom. The molecular formula is C12H19F3N2OS. The molecule has 2 aliphatic rings. The van der Waals surface area contributed by atoms with Gasteiger partial charge >= 0.3 is 6.18 Å². The predicted octanol–water partition coefficient (Wildman–Crippen LogP) is 1.93. The Morgan fingerprint density at radius 2 is 2.16 bits per heavy atom. The maximum absolute atomic E-state index is 13.2. The summed E-state index contributed by atoms with van der Waals surface area (Å²) >= 11 is 1.72. The Labute approximate surface area is 115 Å². The van der Waals surface area contributed by atoms with E-state index in [0.717, 1.165) is 18.6 Å². The fourth-order valence-electron chi connectivity index (χ4n) is 2.67. The monoisotopic (exact) mass is 296 g/mol. The first kappa shape index (κ1) is 15.0. The molecule has 2 heterocycles. The van der Waals surface area contributed by atoms with Crippen LogP contribution in [0.4, 0.5) is 13.2 Å². The van der Waals surface area contributed by atoms with Crippen LogP contribution >= 0.6 is 11.8 Å². The van der Waals surface area contributed by atoms with Crippen LogP contribution in [-0.4, -0.2) is 42.2 Å². The van der Waals surface area contributed by atoms with Crippen molar-refractivity contribution in [3.05, 3.63) is 0 Å². The topological polar surface area (TPSA) is 41.1 Å². The first-order chi connectivity index (χ1) is 8.79. The second-order valence-electron chi connectivity index (χ2n) is 5.59. The van der Waals surface area contributed by atoms with Crippen LogP contribution in [-0.2, 0) is 4.79 Å². The summed E-state index contributed by atoms with van der Waals surface area (Å²) in [6, 6.07) is 0. The van der Waals surface area contributed by atoms with Gasteiger partial charge in [-0.15, -0.1) is 0 Å². The molecule has 2 N–H and O–H groups in total. The Bertz CT molecular complexity index is 347. The Balaban J connectivity index is 2.01. The number of halogens is 3. The number of alkyl halides is 3. The smallest absolute Gasteiger partial charge is 0.354 e. The number of carbonyl (C=O) groups excluding carboxylic acids is 1. The standard InChI is InChI=1S/C12H19F3N2OS/c1-10(3-2-6-19-10)7-17-9(18)11(12(13,14)15)4-5-16-8-11/h16H,2-8H2,1H3,(H,17,18). The molecule has 0 spiro atoms. The number of rotatable bonds is 3. The van der Waals surface area contributed by atoms with Gasteiger partial charge in [-0.3, -0.25) is 4.79 Å². The number of nitrogens with one attached hydrogen (secondary N) is 2. The number of thioether (sulfide) groups is 1. The molecule has 0 aromatic carbocycles. The molecule has 110 valence electrons. The zero-order valence-corrected chi connectivity index (χ0v) is 11.7. The van der Waals surface area contributed by atoms with Crippen LogP contribution in [0.15, 0.2) is 0 Å². The normalized spacial score (nSPS) is 35.6. The molecule has 0 aromatic rings. The molecule has 2 rings (SSSR count). The molecule has 7 heteroatoms. The summed E-state index contributed by atoms with van der Waals surface area (Å²) in [4.78, 5) is 12.0. The number of amides is 1. The van der Waals surface area contributed by atoms with Gasteiger partial charge in [0, 0.05) is 17.8 Å². The molecule has 2 atom stereocenters. The molecule has 0 radical (unpaired) electrons. The lowest BCUT2D eigenvalue weighted by molar-refractivity contribution is -0.216. The van der Waals surface area contributed by atoms with Crippen LogP contribution in [0.3, 0.4) is 0 Å². The van der Waals surface area contributed by atoms with E-state index in [4.69, 9.17) is 0 Å². The average Bonchev–Trinajstić information content (AvgIpc) is 2.94. The van der Waals surface area contributed by atoms with Gasteiger partial charge in [0.1, 0.15) is 0 Å². The lowest BCUT2D eigenvalue weighted by Crippen LogP contribution is -2.54. The minimum absolute atomic E-state index is 0.117. The van der Waals surface area contributed by atoms with Gasteiger partial charge in [0.15, 0.2) is 5.41 Å². The molecule has 19 heavy (non-hydrogen) atoms. The third-order valence-electron chi connectivity index (χ3n) is 4.06. The van der Waals surface area contributed by atoms with E-state index in [1.807, 2.05) is 6.92 Å². The van der Waals surface area contributed by atoms with Crippen molar-refractivity contribution >= 4 is 17.7 Å². The summed E-state index contributed by atoms with van der Waals surface area (Å²) in [5.41, 5.74) is -2.24. The minimum Gasteiger partial charge on any atom is -0.354 e. The van der Waals surface area contributed by atoms with Crippen molar-refractivity contribution in [3.8, 4) is 0 Å². The predicted molar refractivity (Wildman–Crippen MR) is 69.1 cm³/mol. The molecule has 0 aliphatic carbocycles. The maximum atomic E-state index is 13.2. The zero-order chi connectivity index (χ0) is 14.1. The van der Waals surface area contributed by atoms with E-state index < -0.39 is 17.5 Å². The molecule has 2 saturated heterocycles. The second-order valence-corrected chi connectivity index (χ2v) is 7.27. The highest BCUT2D eigenvalue weighted by molar-refractivity contribution is 8.00. The lowest BCUT2D eigenvalue weighted by Gasteiger charge is -2.31. The van der Waals surface area contributed by atoms with Gasteiger partial charge in [-0.1, -0.05) is 0 Å². The molecule has 0 saturated carbocycles. The molecule has 1 amide bonds. The van der Waals surface area contributed by atoms with Crippen molar-refractivity contribution in [3.63, 3.8) is 0 Å². The van der Waals surface area contributed by atoms with Gasteiger partial charge in [0.2, 0.25) is 5.91 Å². The van der Waals surface area contributed by atoms with Crippen LogP contribution in [0.2, 0.25) is 0 Å². The molecule has 0 bridgehead atoms. The third-order valence-corrected chi connectivity index (χ3v) is 5.59. The van der Waals surface area contributed by atoms with Gasteiger partial charge in [0.25, 0.3) is 0 Å². The van der Waals surface area contributed by atoms with E-state index >= 15 is 0 Å². The van der Waals surface area contributed by atoms with Crippen LogP contribution in [0.25, 0.3) is 0 Å². The molecule has 2 fully saturated rings. The number of hydrogen-bond donors (Lipinski definition) is 2. The first-order valence-electron chi connectivity index (χ1n) is 6.49. The van der Waals surface area contributed by atoms with Crippen LogP contribution in [0.1, 0.15) is 26.2 Å². The fraction of sp³-hybridized carbons (Fsp3) is 0.917. The van der Waals surface area contributed by atoms with Gasteiger partial charge in [-0.05, 0) is 38.5 Å². The van der Waals surface area contributed by atoms with Crippen LogP contribution in [0.5, 0.6) is 0 Å². The van der Waals surface area contributed by atoms with Crippen molar-refractivity contribution in [2.24, 2.45) is 5.41 Å². The number of carbonyl (C=O) groups is 1. The van der Waals surface area contributed by atoms with Crippen molar-refractivity contribution in [2.45, 2.75) is 37.1 Å². The van der Waals surface area contributed by atoms with E-state index in [1.165, 1.54) is 0 Å². The Hall–Kier alpha value is -0.430. The van der Waals surface area contributed by atoms with Crippen molar-refractivity contribution in [1.29, 1.82) is 0 Å². The molecule has 2 unspecified atom stereocenters. The van der Waals surface area contributed by atoms with Crippen molar-refractivity contribution in [1.82, 2.24) is 10.6 Å². The first-order valence-corrected chi connectivity index (χ1v) is 7.47. The molecule has 3 nitrogen and oxygen atoms in total. The Morgan fingerprint density at radius 3 is 2.63 bits per heavy atom. The molecule has 0 aromatic heterocycles. The van der Waals surface area contributed by atoms with Gasteiger partial charge in [-0.25, -0.2) is 0 Å². The summed E-state index contributed by atoms with van der Waals surface area (Å²) < 4.78 is 39.4. The van der Waals surface area contributed by atoms with Gasteiger partial charge in [0.05, 0.1) is 0 Å². The second kappa shape index (κ2) is 5.16. The summed E-state index contributed by atoms with van der Waals surface area (Å²) in [5, 5.41) is 5.19. The Kier molecular flexibility index (Phi) is 4.07. The van der Waals surface area contributed by atoms with Crippen LogP contribution in [0, 0.1) is 5.41 Å². The third kappa shape index (κ3) is 2.86. The summed E-state index contributed by atoms with van der Waals surface area (Å²) in [7, 11) is 0. The van der Waals surface area contributed by atoms with Crippen molar-refractivity contribution < 1.29 is 18.0 Å².